The smallest absolute Gasteiger partial charge is 0.322 e. The van der Waals surface area contributed by atoms with E-state index in [1.165, 1.54) is 0 Å². The van der Waals surface area contributed by atoms with Crippen molar-refractivity contribution in [3.8, 4) is 11.5 Å². The quantitative estimate of drug-likeness (QED) is 0.818. The largest absolute Gasteiger partial charge is 0.490 e. The van der Waals surface area contributed by atoms with Crippen LogP contribution in [0.1, 0.15) is 30.9 Å². The Morgan fingerprint density at radius 1 is 1.08 bits per heavy atom. The molecular weight excluding hydrogens is 352 g/mol. The van der Waals surface area contributed by atoms with Crippen LogP contribution in [-0.4, -0.2) is 30.7 Å². The molecular formula is C20H21ClN2O3. The number of urea groups is 1. The van der Waals surface area contributed by atoms with Gasteiger partial charge in [-0.2, -0.15) is 0 Å². The van der Waals surface area contributed by atoms with Gasteiger partial charge in [0.15, 0.2) is 11.5 Å². The molecule has 0 radical (unpaired) electrons. The highest BCUT2D eigenvalue weighted by atomic mass is 35.5. The molecule has 136 valence electrons. The number of likely N-dealkylation sites (tertiary alicyclic amines) is 1. The van der Waals surface area contributed by atoms with Crippen LogP contribution in [0.25, 0.3) is 0 Å². The number of carbonyl (C=O) groups excluding carboxylic acids is 1. The van der Waals surface area contributed by atoms with E-state index in [2.05, 4.69) is 5.32 Å². The second kappa shape index (κ2) is 7.46. The second-order valence-corrected chi connectivity index (χ2v) is 6.99. The molecule has 2 aliphatic heterocycles. The molecule has 1 saturated heterocycles. The summed E-state index contributed by atoms with van der Waals surface area (Å²) in [5.74, 6) is 1.54. The molecule has 26 heavy (non-hydrogen) atoms. The van der Waals surface area contributed by atoms with Crippen LogP contribution in [0.15, 0.2) is 42.5 Å². The van der Waals surface area contributed by atoms with E-state index in [1.807, 2.05) is 35.2 Å². The minimum Gasteiger partial charge on any atom is -0.490 e. The number of hydrogen-bond acceptors (Lipinski definition) is 3. The third-order valence-corrected chi connectivity index (χ3v) is 4.98. The maximum Gasteiger partial charge on any atom is 0.322 e. The number of nitrogens with one attached hydrogen (secondary N) is 1. The molecule has 0 spiro atoms. The summed E-state index contributed by atoms with van der Waals surface area (Å²) in [6.07, 6.45) is 2.78. The lowest BCUT2D eigenvalue weighted by atomic mass is 10.0. The maximum atomic E-state index is 12.8. The van der Waals surface area contributed by atoms with E-state index in [0.717, 1.165) is 42.9 Å². The topological polar surface area (TPSA) is 50.8 Å². The molecule has 2 aliphatic rings. The van der Waals surface area contributed by atoms with Crippen molar-refractivity contribution in [2.45, 2.75) is 25.3 Å². The minimum atomic E-state index is -0.109. The molecule has 0 aromatic heterocycles. The van der Waals surface area contributed by atoms with Crippen molar-refractivity contribution in [3.63, 3.8) is 0 Å². The Bertz CT molecular complexity index is 811. The number of rotatable bonds is 2. The van der Waals surface area contributed by atoms with Gasteiger partial charge in [0.2, 0.25) is 0 Å². The summed E-state index contributed by atoms with van der Waals surface area (Å²) in [5.41, 5.74) is 1.78. The molecule has 0 unspecified atom stereocenters. The van der Waals surface area contributed by atoms with Crippen molar-refractivity contribution in [1.29, 1.82) is 0 Å². The third kappa shape index (κ3) is 3.58. The van der Waals surface area contributed by atoms with Gasteiger partial charge in [-0.1, -0.05) is 23.7 Å². The van der Waals surface area contributed by atoms with Gasteiger partial charge >= 0.3 is 6.03 Å². The van der Waals surface area contributed by atoms with Gasteiger partial charge in [-0.15, -0.1) is 0 Å². The van der Waals surface area contributed by atoms with Crippen molar-refractivity contribution in [1.82, 2.24) is 4.90 Å². The Hall–Kier alpha value is -2.40. The third-order valence-electron chi connectivity index (χ3n) is 4.75. The number of ether oxygens (including phenoxy) is 2. The Balaban J connectivity index is 1.53. The molecule has 5 nitrogen and oxygen atoms in total. The van der Waals surface area contributed by atoms with Gasteiger partial charge in [0.1, 0.15) is 0 Å². The summed E-state index contributed by atoms with van der Waals surface area (Å²) in [7, 11) is 0. The van der Waals surface area contributed by atoms with Crippen molar-refractivity contribution in [2.24, 2.45) is 0 Å². The number of benzene rings is 2. The fraction of sp³-hybridized carbons (Fsp3) is 0.350. The zero-order chi connectivity index (χ0) is 17.9. The summed E-state index contributed by atoms with van der Waals surface area (Å²) in [4.78, 5) is 14.6. The first-order valence-electron chi connectivity index (χ1n) is 8.93. The fourth-order valence-corrected chi connectivity index (χ4v) is 3.70. The molecule has 2 heterocycles. The molecule has 1 N–H and O–H groups in total. The van der Waals surface area contributed by atoms with E-state index in [0.29, 0.717) is 23.9 Å². The average molecular weight is 373 g/mol. The van der Waals surface area contributed by atoms with Crippen LogP contribution in [0.4, 0.5) is 10.5 Å². The molecule has 1 fully saturated rings. The lowest BCUT2D eigenvalue weighted by Gasteiger charge is -2.26. The molecule has 0 saturated carbocycles. The van der Waals surface area contributed by atoms with Crippen molar-refractivity contribution >= 4 is 23.3 Å². The van der Waals surface area contributed by atoms with Crippen LogP contribution in [0.3, 0.4) is 0 Å². The van der Waals surface area contributed by atoms with E-state index in [9.17, 15) is 4.79 Å². The van der Waals surface area contributed by atoms with Gasteiger partial charge in [0.25, 0.3) is 0 Å². The van der Waals surface area contributed by atoms with Crippen LogP contribution in [0, 0.1) is 0 Å². The highest BCUT2D eigenvalue weighted by Crippen LogP contribution is 2.38. The van der Waals surface area contributed by atoms with E-state index in [4.69, 9.17) is 21.1 Å². The number of halogens is 1. The average Bonchev–Trinajstić information content (AvgIpc) is 3.01. The number of hydrogen-bond donors (Lipinski definition) is 1. The number of fused-ring (bicyclic) bond motifs is 1. The van der Waals surface area contributed by atoms with Gasteiger partial charge in [0.05, 0.1) is 19.3 Å². The summed E-state index contributed by atoms with van der Waals surface area (Å²) in [6, 6.07) is 13.1. The van der Waals surface area contributed by atoms with E-state index in [1.54, 1.807) is 12.1 Å². The first-order chi connectivity index (χ1) is 12.7. The van der Waals surface area contributed by atoms with E-state index >= 15 is 0 Å². The predicted octanol–water partition coefficient (Wildman–Crippen LogP) is 4.87. The highest BCUT2D eigenvalue weighted by molar-refractivity contribution is 6.30. The number of nitrogens with zero attached hydrogens (tertiary/aromatic N) is 1. The highest BCUT2D eigenvalue weighted by Gasteiger charge is 2.31. The van der Waals surface area contributed by atoms with Crippen LogP contribution in [-0.2, 0) is 0 Å². The second-order valence-electron chi connectivity index (χ2n) is 6.55. The Morgan fingerprint density at radius 3 is 2.77 bits per heavy atom. The SMILES string of the molecule is O=C(Nc1cccc(Cl)c1)N1CCC[C@@H]1c1ccc2c(c1)OCCCO2. The normalized spacial score (nSPS) is 19.1. The number of carbonyl (C=O) groups is 1. The lowest BCUT2D eigenvalue weighted by Crippen LogP contribution is -2.34. The van der Waals surface area contributed by atoms with Crippen LogP contribution in [0.5, 0.6) is 11.5 Å². The molecule has 2 amide bonds. The summed E-state index contributed by atoms with van der Waals surface area (Å²) in [5, 5.41) is 3.54. The molecule has 2 aromatic carbocycles. The predicted molar refractivity (Wildman–Crippen MR) is 101 cm³/mol. The summed E-state index contributed by atoms with van der Waals surface area (Å²) < 4.78 is 11.5. The van der Waals surface area contributed by atoms with E-state index < -0.39 is 0 Å². The van der Waals surface area contributed by atoms with Crippen LogP contribution < -0.4 is 14.8 Å². The Kier molecular flexibility index (Phi) is 4.89. The molecule has 4 rings (SSSR count). The van der Waals surface area contributed by atoms with E-state index in [-0.39, 0.29) is 12.1 Å². The van der Waals surface area contributed by atoms with Crippen molar-refractivity contribution in [3.05, 3.63) is 53.1 Å². The van der Waals surface area contributed by atoms with Crippen molar-refractivity contribution < 1.29 is 14.3 Å². The summed E-state index contributed by atoms with van der Waals surface area (Å²) in [6.45, 7) is 2.05. The monoisotopic (exact) mass is 372 g/mol. The zero-order valence-corrected chi connectivity index (χ0v) is 15.2. The number of amides is 2. The fourth-order valence-electron chi connectivity index (χ4n) is 3.51. The van der Waals surface area contributed by atoms with Crippen molar-refractivity contribution in [2.75, 3.05) is 25.1 Å². The van der Waals surface area contributed by atoms with Gasteiger partial charge in [-0.3, -0.25) is 0 Å². The first kappa shape index (κ1) is 17.0. The van der Waals surface area contributed by atoms with Gasteiger partial charge in [-0.05, 0) is 48.7 Å². The first-order valence-corrected chi connectivity index (χ1v) is 9.31. The molecule has 0 bridgehead atoms. The maximum absolute atomic E-state index is 12.8. The van der Waals surface area contributed by atoms with Gasteiger partial charge in [0, 0.05) is 23.7 Å². The summed E-state index contributed by atoms with van der Waals surface area (Å²) >= 11 is 6.00. The zero-order valence-electron chi connectivity index (χ0n) is 14.4. The standard InChI is InChI=1S/C20H21ClN2O3/c21-15-4-1-5-16(13-15)22-20(24)23-9-2-6-17(23)14-7-8-18-19(12-14)26-11-3-10-25-18/h1,4-5,7-8,12-13,17H,2-3,6,9-11H2,(H,22,24)/t17-/m1/s1. The lowest BCUT2D eigenvalue weighted by molar-refractivity contribution is 0.207. The molecule has 6 heteroatoms. The molecule has 1 atom stereocenters. The molecule has 0 aliphatic carbocycles. The van der Waals surface area contributed by atoms with Crippen LogP contribution in [0.2, 0.25) is 5.02 Å². The minimum absolute atomic E-state index is 0.0336. The van der Waals surface area contributed by atoms with Gasteiger partial charge < -0.3 is 19.7 Å². The van der Waals surface area contributed by atoms with Crippen LogP contribution >= 0.6 is 11.6 Å². The Morgan fingerprint density at radius 2 is 1.92 bits per heavy atom. The molecule has 2 aromatic rings. The Labute approximate surface area is 157 Å². The van der Waals surface area contributed by atoms with Gasteiger partial charge in [-0.25, -0.2) is 4.79 Å². The number of anilines is 1.